The van der Waals surface area contributed by atoms with E-state index in [1.807, 2.05) is 0 Å². The number of aromatic nitrogens is 1. The molecule has 12 heteroatoms. The van der Waals surface area contributed by atoms with Gasteiger partial charge < -0.3 is 16.0 Å². The molecule has 1 amide bonds. The van der Waals surface area contributed by atoms with Gasteiger partial charge in [0.15, 0.2) is 17.5 Å². The van der Waals surface area contributed by atoms with Gasteiger partial charge in [0, 0.05) is 23.8 Å². The topological polar surface area (TPSA) is 57.0 Å². The van der Waals surface area contributed by atoms with E-state index < -0.39 is 29.2 Å². The summed E-state index contributed by atoms with van der Waals surface area (Å²) in [6, 6.07) is 3.92. The van der Waals surface area contributed by atoms with Crippen LogP contribution in [-0.4, -0.2) is 23.1 Å². The first-order valence-corrected chi connectivity index (χ1v) is 10.9. The lowest BCUT2D eigenvalue weighted by Crippen LogP contribution is -2.54. The number of benzene rings is 1. The number of anilines is 1. The van der Waals surface area contributed by atoms with Crippen LogP contribution in [0.3, 0.4) is 0 Å². The number of aryl methyl sites for hydroxylation is 1. The van der Waals surface area contributed by atoms with Crippen LogP contribution in [0, 0.1) is 0 Å². The molecule has 5 nitrogen and oxygen atoms in total. The van der Waals surface area contributed by atoms with Gasteiger partial charge in [0.1, 0.15) is 12.6 Å². The Morgan fingerprint density at radius 1 is 0.971 bits per heavy atom. The maximum Gasteiger partial charge on any atom is 0.416 e. The number of carbonyl (C=O) groups is 1. The van der Waals surface area contributed by atoms with Gasteiger partial charge in [0.25, 0.3) is 5.91 Å². The van der Waals surface area contributed by atoms with Crippen molar-refractivity contribution in [3.8, 4) is 0 Å². The average Bonchev–Trinajstić information content (AvgIpc) is 2.73. The molecule has 2 aromatic rings. The van der Waals surface area contributed by atoms with Gasteiger partial charge in [-0.25, -0.2) is 4.57 Å². The van der Waals surface area contributed by atoms with Gasteiger partial charge in [-0.2, -0.15) is 26.3 Å². The summed E-state index contributed by atoms with van der Waals surface area (Å²) in [7, 11) is 1.78. The molecule has 1 heterocycles. The zero-order valence-corrected chi connectivity index (χ0v) is 18.9. The Morgan fingerprint density at radius 2 is 1.53 bits per heavy atom. The molecule has 1 aliphatic rings. The van der Waals surface area contributed by atoms with Crippen molar-refractivity contribution in [1.29, 1.82) is 0 Å². The Hall–Kier alpha value is -2.89. The van der Waals surface area contributed by atoms with Crippen molar-refractivity contribution in [1.82, 2.24) is 10.6 Å². The molecule has 1 fully saturated rings. The fourth-order valence-corrected chi connectivity index (χ4v) is 4.08. The number of hydrogen-bond donors (Lipinski definition) is 3. The van der Waals surface area contributed by atoms with Crippen LogP contribution in [0.2, 0.25) is 0 Å². The number of amides is 1. The summed E-state index contributed by atoms with van der Waals surface area (Å²) < 4.78 is 80.3. The van der Waals surface area contributed by atoms with Crippen LogP contribution in [0.5, 0.6) is 0 Å². The number of nitrogens with zero attached hydrogens (tertiary/aromatic N) is 1. The molecule has 0 unspecified atom stereocenters. The molecule has 0 spiro atoms. The van der Waals surface area contributed by atoms with Crippen LogP contribution >= 0.6 is 12.2 Å². The maximum atomic E-state index is 13.1. The van der Waals surface area contributed by atoms with E-state index in [0.717, 1.165) is 12.8 Å². The third-order valence-corrected chi connectivity index (χ3v) is 5.67. The Labute approximate surface area is 197 Å². The fraction of sp³-hybridized carbons (Fsp3) is 0.409. The maximum absolute atomic E-state index is 13.1. The largest absolute Gasteiger partial charge is 0.416 e. The van der Waals surface area contributed by atoms with E-state index in [1.54, 1.807) is 36.1 Å². The zero-order valence-electron chi connectivity index (χ0n) is 18.1. The molecule has 34 heavy (non-hydrogen) atoms. The highest BCUT2D eigenvalue weighted by molar-refractivity contribution is 7.80. The predicted octanol–water partition coefficient (Wildman–Crippen LogP) is 4.58. The third-order valence-electron chi connectivity index (χ3n) is 5.45. The van der Waals surface area contributed by atoms with Gasteiger partial charge >= 0.3 is 12.4 Å². The van der Waals surface area contributed by atoms with Gasteiger partial charge in [-0.05, 0) is 49.3 Å². The Morgan fingerprint density at radius 3 is 2.06 bits per heavy atom. The molecule has 1 aromatic heterocycles. The Balaban J connectivity index is 1.72. The zero-order chi connectivity index (χ0) is 25.1. The van der Waals surface area contributed by atoms with Gasteiger partial charge in [-0.15, -0.1) is 0 Å². The van der Waals surface area contributed by atoms with Crippen molar-refractivity contribution in [2.75, 3.05) is 5.32 Å². The minimum atomic E-state index is -4.96. The minimum Gasteiger partial charge on any atom is -0.358 e. The van der Waals surface area contributed by atoms with Crippen LogP contribution in [-0.2, 0) is 19.4 Å². The van der Waals surface area contributed by atoms with Gasteiger partial charge in [0.2, 0.25) is 0 Å². The smallest absolute Gasteiger partial charge is 0.358 e. The van der Waals surface area contributed by atoms with Crippen molar-refractivity contribution in [2.24, 2.45) is 7.05 Å². The van der Waals surface area contributed by atoms with Crippen molar-refractivity contribution in [3.63, 3.8) is 0 Å². The van der Waals surface area contributed by atoms with Crippen molar-refractivity contribution >= 4 is 28.9 Å². The molecule has 1 aromatic carbocycles. The molecule has 2 atom stereocenters. The Bertz CT molecular complexity index is 1020. The van der Waals surface area contributed by atoms with E-state index in [0.29, 0.717) is 30.5 Å². The van der Waals surface area contributed by atoms with Crippen LogP contribution < -0.4 is 20.5 Å². The lowest BCUT2D eigenvalue weighted by atomic mass is 9.90. The Kier molecular flexibility index (Phi) is 7.69. The van der Waals surface area contributed by atoms with Gasteiger partial charge in [-0.3, -0.25) is 4.79 Å². The first-order chi connectivity index (χ1) is 15.8. The minimum absolute atomic E-state index is 0.0535. The SMILES string of the molecule is C[n+]1cccc(C(=O)N[C@H]2CCCC[C@@H]2NC(=S)Nc2cc(C(F)(F)F)cc(C(F)(F)F)c2)c1. The summed E-state index contributed by atoms with van der Waals surface area (Å²) in [5.41, 5.74) is -2.86. The van der Waals surface area contributed by atoms with Gasteiger partial charge in [-0.1, -0.05) is 12.8 Å². The van der Waals surface area contributed by atoms with E-state index >= 15 is 0 Å². The number of hydrogen-bond acceptors (Lipinski definition) is 2. The molecule has 1 aliphatic carbocycles. The standard InChI is InChI=1S/C22H22F6N4OS/c1-32-8-4-5-13(12-32)19(33)30-17-6-2-3-7-18(17)31-20(34)29-16-10-14(21(23,24)25)9-15(11-16)22(26,27)28/h4-5,8-12,17-18H,2-3,6-7H2,1H3,(H2-,29,30,31,33,34)/p+1/t17-,18-/m0/s1. The first kappa shape index (κ1) is 25.7. The monoisotopic (exact) mass is 505 g/mol. The second-order valence-corrected chi connectivity index (χ2v) is 8.53. The molecule has 0 bridgehead atoms. The third kappa shape index (κ3) is 6.81. The molecule has 184 valence electrons. The predicted molar refractivity (Wildman–Crippen MR) is 117 cm³/mol. The highest BCUT2D eigenvalue weighted by Gasteiger charge is 2.37. The normalized spacial score (nSPS) is 18.8. The molecule has 1 saturated carbocycles. The molecule has 3 N–H and O–H groups in total. The number of nitrogens with one attached hydrogen (secondary N) is 3. The molecule has 3 rings (SSSR count). The number of carbonyl (C=O) groups excluding carboxylic acids is 1. The molecule has 0 radical (unpaired) electrons. The van der Waals surface area contributed by atoms with Crippen molar-refractivity contribution in [2.45, 2.75) is 50.1 Å². The van der Waals surface area contributed by atoms with E-state index in [9.17, 15) is 31.1 Å². The van der Waals surface area contributed by atoms with E-state index in [2.05, 4.69) is 16.0 Å². The molecule has 0 saturated heterocycles. The lowest BCUT2D eigenvalue weighted by Gasteiger charge is -2.33. The second-order valence-electron chi connectivity index (χ2n) is 8.12. The molecular formula is C22H23F6N4OS+. The van der Waals surface area contributed by atoms with E-state index in [1.165, 1.54) is 0 Å². The quantitative estimate of drug-likeness (QED) is 0.324. The number of halogens is 6. The lowest BCUT2D eigenvalue weighted by molar-refractivity contribution is -0.671. The highest BCUT2D eigenvalue weighted by atomic mass is 32.1. The highest BCUT2D eigenvalue weighted by Crippen LogP contribution is 2.37. The summed E-state index contributed by atoms with van der Waals surface area (Å²) in [6.45, 7) is 0. The first-order valence-electron chi connectivity index (χ1n) is 10.5. The van der Waals surface area contributed by atoms with Crippen molar-refractivity contribution < 1.29 is 35.7 Å². The number of rotatable bonds is 4. The molecule has 0 aliphatic heterocycles. The van der Waals surface area contributed by atoms with Crippen LogP contribution in [0.15, 0.2) is 42.7 Å². The van der Waals surface area contributed by atoms with Crippen LogP contribution in [0.1, 0.15) is 47.2 Å². The summed E-state index contributed by atoms with van der Waals surface area (Å²) in [6.07, 6.45) is -3.52. The summed E-state index contributed by atoms with van der Waals surface area (Å²) in [5.74, 6) is -0.290. The van der Waals surface area contributed by atoms with Gasteiger partial charge in [0.05, 0.1) is 11.1 Å². The van der Waals surface area contributed by atoms with Crippen molar-refractivity contribution in [3.05, 3.63) is 59.4 Å². The summed E-state index contributed by atoms with van der Waals surface area (Å²) in [5, 5.41) is 8.18. The summed E-state index contributed by atoms with van der Waals surface area (Å²) >= 11 is 5.17. The second kappa shape index (κ2) is 10.2. The van der Waals surface area contributed by atoms with E-state index in [-0.39, 0.29) is 29.2 Å². The average molecular weight is 506 g/mol. The van der Waals surface area contributed by atoms with Crippen LogP contribution in [0.4, 0.5) is 32.0 Å². The number of pyridine rings is 1. The fourth-order valence-electron chi connectivity index (χ4n) is 3.81. The van der Waals surface area contributed by atoms with Crippen LogP contribution in [0.25, 0.3) is 0 Å². The molecular weight excluding hydrogens is 482 g/mol. The number of alkyl halides is 6. The number of thiocarbonyl (C=S) groups is 1. The van der Waals surface area contributed by atoms with E-state index in [4.69, 9.17) is 12.2 Å². The summed E-state index contributed by atoms with van der Waals surface area (Å²) in [4.78, 5) is 12.6.